The van der Waals surface area contributed by atoms with Crippen molar-refractivity contribution in [2.45, 2.75) is 31.8 Å². The van der Waals surface area contributed by atoms with Crippen molar-refractivity contribution in [2.75, 3.05) is 25.0 Å². The van der Waals surface area contributed by atoms with E-state index in [0.29, 0.717) is 35.8 Å². The van der Waals surface area contributed by atoms with Gasteiger partial charge in [-0.2, -0.15) is 4.31 Å². The molecule has 2 aromatic rings. The van der Waals surface area contributed by atoms with Crippen molar-refractivity contribution in [3.63, 3.8) is 0 Å². The molecule has 0 spiro atoms. The van der Waals surface area contributed by atoms with Crippen LogP contribution in [0.1, 0.15) is 19.4 Å². The molecule has 0 fully saturated rings. The van der Waals surface area contributed by atoms with Crippen LogP contribution in [-0.2, 0) is 14.8 Å². The largest absolute Gasteiger partial charge is 0.485 e. The maximum atomic E-state index is 12.9. The summed E-state index contributed by atoms with van der Waals surface area (Å²) in [4.78, 5) is 12.8. The molecule has 0 radical (unpaired) electrons. The zero-order valence-corrected chi connectivity index (χ0v) is 17.0. The van der Waals surface area contributed by atoms with Crippen molar-refractivity contribution in [1.82, 2.24) is 4.31 Å². The van der Waals surface area contributed by atoms with E-state index < -0.39 is 22.0 Å². The second-order valence-corrected chi connectivity index (χ2v) is 8.33. The third-order valence-corrected chi connectivity index (χ3v) is 6.77. The van der Waals surface area contributed by atoms with Gasteiger partial charge < -0.3 is 14.8 Å². The Morgan fingerprint density at radius 1 is 1.14 bits per heavy atom. The summed E-state index contributed by atoms with van der Waals surface area (Å²) >= 11 is 0. The molecule has 1 amide bonds. The van der Waals surface area contributed by atoms with E-state index in [1.54, 1.807) is 51.1 Å². The van der Waals surface area contributed by atoms with Gasteiger partial charge in [0.15, 0.2) is 11.5 Å². The summed E-state index contributed by atoms with van der Waals surface area (Å²) in [5.41, 5.74) is 1.01. The Morgan fingerprint density at radius 3 is 2.50 bits per heavy atom. The Bertz CT molecular complexity index is 970. The van der Waals surface area contributed by atoms with E-state index in [4.69, 9.17) is 9.47 Å². The number of benzene rings is 2. The number of nitrogens with zero attached hydrogens (tertiary/aromatic N) is 1. The molecular weight excluding hydrogens is 380 g/mol. The fourth-order valence-corrected chi connectivity index (χ4v) is 4.74. The minimum atomic E-state index is -3.63. The molecule has 2 aromatic carbocycles. The van der Waals surface area contributed by atoms with E-state index in [-0.39, 0.29) is 11.5 Å². The van der Waals surface area contributed by atoms with Gasteiger partial charge in [0.05, 0.1) is 4.90 Å². The number of anilines is 1. The number of hydrogen-bond donors (Lipinski definition) is 1. The number of hydrogen-bond acceptors (Lipinski definition) is 5. The van der Waals surface area contributed by atoms with Crippen LogP contribution in [0.3, 0.4) is 0 Å². The van der Waals surface area contributed by atoms with E-state index in [2.05, 4.69) is 5.32 Å². The molecule has 1 atom stereocenters. The summed E-state index contributed by atoms with van der Waals surface area (Å²) in [6.07, 6.45) is -0.820. The van der Waals surface area contributed by atoms with Crippen LogP contribution < -0.4 is 14.8 Å². The van der Waals surface area contributed by atoms with Crippen LogP contribution in [0.2, 0.25) is 0 Å². The fraction of sp³-hybridized carbons (Fsp3) is 0.350. The predicted octanol–water partition coefficient (Wildman–Crippen LogP) is 2.80. The van der Waals surface area contributed by atoms with Gasteiger partial charge in [-0.05, 0) is 36.8 Å². The molecule has 0 saturated heterocycles. The Hall–Kier alpha value is -2.58. The lowest BCUT2D eigenvalue weighted by atomic mass is 10.2. The summed E-state index contributed by atoms with van der Waals surface area (Å²) in [5.74, 6) is 0.696. The highest BCUT2D eigenvalue weighted by atomic mass is 32.2. The first-order chi connectivity index (χ1) is 13.4. The summed E-state index contributed by atoms with van der Waals surface area (Å²) in [6.45, 7) is 6.15. The highest BCUT2D eigenvalue weighted by molar-refractivity contribution is 7.89. The second-order valence-electron chi connectivity index (χ2n) is 6.42. The summed E-state index contributed by atoms with van der Waals surface area (Å²) in [7, 11) is -3.63. The Balaban J connectivity index is 1.79. The molecule has 1 aliphatic heterocycles. The summed E-state index contributed by atoms with van der Waals surface area (Å²) in [6, 6.07) is 12.0. The standard InChI is InChI=1S/C20H24N2O5S/c1-4-22(5-2)28(24,25)19-12-15(11-10-14(19)3)21-20(23)18-13-26-16-8-6-7-9-17(16)27-18/h6-12,18H,4-5,13H2,1-3H3,(H,21,23). The lowest BCUT2D eigenvalue weighted by Crippen LogP contribution is -2.40. The van der Waals surface area contributed by atoms with E-state index in [0.717, 1.165) is 0 Å². The number of carbonyl (C=O) groups is 1. The van der Waals surface area contributed by atoms with Crippen molar-refractivity contribution >= 4 is 21.6 Å². The zero-order chi connectivity index (χ0) is 20.3. The quantitative estimate of drug-likeness (QED) is 0.800. The minimum Gasteiger partial charge on any atom is -0.485 e. The molecule has 0 bridgehead atoms. The van der Waals surface area contributed by atoms with Gasteiger partial charge in [0.25, 0.3) is 5.91 Å². The smallest absolute Gasteiger partial charge is 0.269 e. The number of para-hydroxylation sites is 2. The molecule has 1 N–H and O–H groups in total. The molecule has 1 heterocycles. The van der Waals surface area contributed by atoms with Crippen LogP contribution in [0.25, 0.3) is 0 Å². The van der Waals surface area contributed by atoms with Crippen LogP contribution in [-0.4, -0.2) is 44.4 Å². The van der Waals surface area contributed by atoms with Crippen molar-refractivity contribution in [3.8, 4) is 11.5 Å². The molecule has 1 unspecified atom stereocenters. The maximum absolute atomic E-state index is 12.9. The molecule has 1 aliphatic rings. The topological polar surface area (TPSA) is 84.9 Å². The van der Waals surface area contributed by atoms with Gasteiger partial charge in [-0.3, -0.25) is 4.79 Å². The van der Waals surface area contributed by atoms with Crippen LogP contribution in [0.4, 0.5) is 5.69 Å². The SMILES string of the molecule is CCN(CC)S(=O)(=O)c1cc(NC(=O)C2COc3ccccc3O2)ccc1C. The average Bonchev–Trinajstić information content (AvgIpc) is 2.69. The Kier molecular flexibility index (Phi) is 5.90. The number of carbonyl (C=O) groups excluding carboxylic acids is 1. The van der Waals surface area contributed by atoms with Crippen LogP contribution in [0, 0.1) is 6.92 Å². The number of aryl methyl sites for hydroxylation is 1. The first kappa shape index (κ1) is 20.2. The molecule has 8 heteroatoms. The van der Waals surface area contributed by atoms with E-state index in [1.807, 2.05) is 6.07 Å². The molecule has 0 aliphatic carbocycles. The van der Waals surface area contributed by atoms with Gasteiger partial charge in [-0.25, -0.2) is 8.42 Å². The lowest BCUT2D eigenvalue weighted by molar-refractivity contribution is -0.125. The molecular formula is C20H24N2O5S. The van der Waals surface area contributed by atoms with Crippen molar-refractivity contribution in [3.05, 3.63) is 48.0 Å². The zero-order valence-electron chi connectivity index (χ0n) is 16.1. The van der Waals surface area contributed by atoms with Gasteiger partial charge >= 0.3 is 0 Å². The average molecular weight is 404 g/mol. The van der Waals surface area contributed by atoms with Crippen molar-refractivity contribution in [2.24, 2.45) is 0 Å². The molecule has 150 valence electrons. The van der Waals surface area contributed by atoms with E-state index in [9.17, 15) is 13.2 Å². The second kappa shape index (κ2) is 8.20. The van der Waals surface area contributed by atoms with E-state index >= 15 is 0 Å². The van der Waals surface area contributed by atoms with Gasteiger partial charge in [0.2, 0.25) is 16.1 Å². The predicted molar refractivity (Wildman–Crippen MR) is 106 cm³/mol. The third kappa shape index (κ3) is 3.98. The minimum absolute atomic E-state index is 0.0826. The highest BCUT2D eigenvalue weighted by Crippen LogP contribution is 2.31. The first-order valence-corrected chi connectivity index (χ1v) is 10.6. The third-order valence-electron chi connectivity index (χ3n) is 4.58. The molecule has 0 aromatic heterocycles. The normalized spacial score (nSPS) is 16.1. The van der Waals surface area contributed by atoms with Crippen molar-refractivity contribution < 1.29 is 22.7 Å². The lowest BCUT2D eigenvalue weighted by Gasteiger charge is -2.25. The van der Waals surface area contributed by atoms with Gasteiger partial charge in [0, 0.05) is 18.8 Å². The van der Waals surface area contributed by atoms with Crippen LogP contribution in [0.5, 0.6) is 11.5 Å². The number of sulfonamides is 1. The van der Waals surface area contributed by atoms with Crippen LogP contribution in [0.15, 0.2) is 47.4 Å². The van der Waals surface area contributed by atoms with Crippen molar-refractivity contribution in [1.29, 1.82) is 0 Å². The van der Waals surface area contributed by atoms with Gasteiger partial charge in [0.1, 0.15) is 6.61 Å². The first-order valence-electron chi connectivity index (χ1n) is 9.17. The molecule has 28 heavy (non-hydrogen) atoms. The number of nitrogens with one attached hydrogen (secondary N) is 1. The maximum Gasteiger partial charge on any atom is 0.269 e. The Morgan fingerprint density at radius 2 is 1.82 bits per heavy atom. The number of amides is 1. The van der Waals surface area contributed by atoms with E-state index in [1.165, 1.54) is 10.4 Å². The van der Waals surface area contributed by atoms with Crippen LogP contribution >= 0.6 is 0 Å². The fourth-order valence-electron chi connectivity index (χ4n) is 3.03. The number of ether oxygens (including phenoxy) is 2. The summed E-state index contributed by atoms with van der Waals surface area (Å²) < 4.78 is 38.4. The number of fused-ring (bicyclic) bond motifs is 1. The monoisotopic (exact) mass is 404 g/mol. The molecule has 3 rings (SSSR count). The van der Waals surface area contributed by atoms with Gasteiger partial charge in [-0.1, -0.05) is 32.0 Å². The number of rotatable bonds is 6. The highest BCUT2D eigenvalue weighted by Gasteiger charge is 2.28. The molecule has 0 saturated carbocycles. The van der Waals surface area contributed by atoms with Gasteiger partial charge in [-0.15, -0.1) is 0 Å². The molecule has 7 nitrogen and oxygen atoms in total. The Labute approximate surface area is 165 Å². The summed E-state index contributed by atoms with van der Waals surface area (Å²) in [5, 5.41) is 2.73.